The molecule has 7 heteroatoms. The van der Waals surface area contributed by atoms with Gasteiger partial charge in [-0.25, -0.2) is 0 Å². The highest BCUT2D eigenvalue weighted by molar-refractivity contribution is 7.20. The number of fused-ring (bicyclic) bond motifs is 1. The predicted molar refractivity (Wildman–Crippen MR) is 91.1 cm³/mol. The Bertz CT molecular complexity index is 876. The lowest BCUT2D eigenvalue weighted by atomic mass is 10.1. The van der Waals surface area contributed by atoms with Crippen molar-refractivity contribution in [1.29, 1.82) is 0 Å². The van der Waals surface area contributed by atoms with E-state index in [4.69, 9.17) is 0 Å². The van der Waals surface area contributed by atoms with Crippen molar-refractivity contribution in [2.45, 2.75) is 6.92 Å². The van der Waals surface area contributed by atoms with Crippen LogP contribution < -0.4 is 10.6 Å². The normalized spacial score (nSPS) is 10.7. The minimum absolute atomic E-state index is 0.234. The molecular weight excluding hydrogens is 312 g/mol. The van der Waals surface area contributed by atoms with E-state index in [1.165, 1.54) is 11.3 Å². The third-order valence-electron chi connectivity index (χ3n) is 3.57. The first-order chi connectivity index (χ1) is 11.0. The Labute approximate surface area is 137 Å². The van der Waals surface area contributed by atoms with Crippen LogP contribution in [0.2, 0.25) is 0 Å². The van der Waals surface area contributed by atoms with Crippen LogP contribution in [0.1, 0.15) is 25.7 Å². The van der Waals surface area contributed by atoms with Crippen molar-refractivity contribution in [2.75, 3.05) is 12.4 Å². The zero-order valence-electron chi connectivity index (χ0n) is 13.0. The maximum absolute atomic E-state index is 12.5. The van der Waals surface area contributed by atoms with Crippen LogP contribution in [0.25, 0.3) is 10.2 Å². The fourth-order valence-corrected chi connectivity index (χ4v) is 3.44. The van der Waals surface area contributed by atoms with Crippen molar-refractivity contribution >= 4 is 39.1 Å². The smallest absolute Gasteiger partial charge is 0.265 e. The standard InChI is InChI=1S/C16H16N4O2S/c1-9-11-8-13(23-16(11)20(3)19-9)15(22)18-12-7-5-4-6-10(12)14(21)17-2/h4-8H,1-3H3,(H,17,21)(H,18,22). The van der Waals surface area contributed by atoms with Gasteiger partial charge in [-0.1, -0.05) is 12.1 Å². The minimum Gasteiger partial charge on any atom is -0.355 e. The zero-order valence-corrected chi connectivity index (χ0v) is 13.8. The highest BCUT2D eigenvalue weighted by Crippen LogP contribution is 2.28. The number of carbonyl (C=O) groups is 2. The average molecular weight is 328 g/mol. The molecule has 0 aliphatic carbocycles. The number of nitrogens with one attached hydrogen (secondary N) is 2. The predicted octanol–water partition coefficient (Wildman–Crippen LogP) is 2.56. The van der Waals surface area contributed by atoms with Crippen molar-refractivity contribution in [3.8, 4) is 0 Å². The summed E-state index contributed by atoms with van der Waals surface area (Å²) >= 11 is 1.38. The molecule has 0 radical (unpaired) electrons. The van der Waals surface area contributed by atoms with Gasteiger partial charge in [0.1, 0.15) is 4.83 Å². The van der Waals surface area contributed by atoms with Crippen LogP contribution in [0.15, 0.2) is 30.3 Å². The second-order valence-corrected chi connectivity index (χ2v) is 6.15. The van der Waals surface area contributed by atoms with E-state index in [-0.39, 0.29) is 11.8 Å². The molecule has 118 valence electrons. The number of hydrogen-bond donors (Lipinski definition) is 2. The number of carbonyl (C=O) groups excluding carboxylic acids is 2. The molecule has 3 aromatic rings. The van der Waals surface area contributed by atoms with Crippen LogP contribution in [-0.2, 0) is 7.05 Å². The van der Waals surface area contributed by atoms with E-state index < -0.39 is 0 Å². The fourth-order valence-electron chi connectivity index (χ4n) is 2.43. The summed E-state index contributed by atoms with van der Waals surface area (Å²) in [6, 6.07) is 8.76. The van der Waals surface area contributed by atoms with Gasteiger partial charge in [-0.3, -0.25) is 14.3 Å². The summed E-state index contributed by atoms with van der Waals surface area (Å²) in [5.41, 5.74) is 1.81. The highest BCUT2D eigenvalue weighted by atomic mass is 32.1. The van der Waals surface area contributed by atoms with Gasteiger partial charge in [-0.05, 0) is 25.1 Å². The van der Waals surface area contributed by atoms with E-state index in [2.05, 4.69) is 15.7 Å². The number of hydrogen-bond acceptors (Lipinski definition) is 4. The third kappa shape index (κ3) is 2.70. The van der Waals surface area contributed by atoms with Gasteiger partial charge in [-0.2, -0.15) is 5.10 Å². The largest absolute Gasteiger partial charge is 0.355 e. The van der Waals surface area contributed by atoms with Crippen LogP contribution in [-0.4, -0.2) is 28.6 Å². The molecule has 0 spiro atoms. The van der Waals surface area contributed by atoms with Crippen LogP contribution in [0.3, 0.4) is 0 Å². The summed E-state index contributed by atoms with van der Waals surface area (Å²) in [7, 11) is 3.41. The first kappa shape index (κ1) is 15.2. The van der Waals surface area contributed by atoms with Crippen LogP contribution in [0.5, 0.6) is 0 Å². The molecule has 2 aromatic heterocycles. The van der Waals surface area contributed by atoms with Crippen LogP contribution >= 0.6 is 11.3 Å². The van der Waals surface area contributed by atoms with E-state index >= 15 is 0 Å². The lowest BCUT2D eigenvalue weighted by Gasteiger charge is -2.09. The number of amides is 2. The Kier molecular flexibility index (Phi) is 3.87. The Morgan fingerprint density at radius 1 is 1.22 bits per heavy atom. The van der Waals surface area contributed by atoms with Crippen LogP contribution in [0, 0.1) is 6.92 Å². The quantitative estimate of drug-likeness (QED) is 0.776. The van der Waals surface area contributed by atoms with Crippen molar-refractivity contribution in [1.82, 2.24) is 15.1 Å². The summed E-state index contributed by atoms with van der Waals surface area (Å²) in [6.45, 7) is 1.91. The summed E-state index contributed by atoms with van der Waals surface area (Å²) in [5.74, 6) is -0.473. The molecule has 3 rings (SSSR count). The van der Waals surface area contributed by atoms with Crippen molar-refractivity contribution in [3.63, 3.8) is 0 Å². The number of anilines is 1. The monoisotopic (exact) mass is 328 g/mol. The maximum atomic E-state index is 12.5. The van der Waals surface area contributed by atoms with Crippen molar-refractivity contribution < 1.29 is 9.59 Å². The van der Waals surface area contributed by atoms with E-state index in [1.807, 2.05) is 20.0 Å². The van der Waals surface area contributed by atoms with Gasteiger partial charge in [0.05, 0.1) is 21.8 Å². The molecule has 0 aliphatic rings. The molecule has 2 N–H and O–H groups in total. The lowest BCUT2D eigenvalue weighted by Crippen LogP contribution is -2.21. The Morgan fingerprint density at radius 2 is 1.96 bits per heavy atom. The third-order valence-corrected chi connectivity index (χ3v) is 4.77. The lowest BCUT2D eigenvalue weighted by molar-refractivity contribution is 0.0964. The minimum atomic E-state index is -0.239. The van der Waals surface area contributed by atoms with E-state index in [0.29, 0.717) is 16.1 Å². The number of benzene rings is 1. The van der Waals surface area contributed by atoms with Crippen molar-refractivity contribution in [3.05, 3.63) is 46.5 Å². The molecule has 23 heavy (non-hydrogen) atoms. The van der Waals surface area contributed by atoms with Gasteiger partial charge in [0.15, 0.2) is 0 Å². The molecule has 2 amide bonds. The first-order valence-corrected chi connectivity index (χ1v) is 7.88. The number of nitrogens with zero attached hydrogens (tertiary/aromatic N) is 2. The Balaban J connectivity index is 1.92. The molecule has 0 atom stereocenters. The Morgan fingerprint density at radius 3 is 2.65 bits per heavy atom. The van der Waals surface area contributed by atoms with Gasteiger partial charge in [0.25, 0.3) is 11.8 Å². The van der Waals surface area contributed by atoms with Gasteiger partial charge in [-0.15, -0.1) is 11.3 Å². The Hall–Kier alpha value is -2.67. The molecule has 0 saturated carbocycles. The zero-order chi connectivity index (χ0) is 16.6. The molecule has 1 aromatic carbocycles. The molecule has 0 bridgehead atoms. The molecule has 6 nitrogen and oxygen atoms in total. The summed E-state index contributed by atoms with van der Waals surface area (Å²) in [4.78, 5) is 25.9. The second-order valence-electron chi connectivity index (χ2n) is 5.12. The molecule has 0 unspecified atom stereocenters. The first-order valence-electron chi connectivity index (χ1n) is 7.07. The fraction of sp³-hybridized carbons (Fsp3) is 0.188. The number of rotatable bonds is 3. The summed E-state index contributed by atoms with van der Waals surface area (Å²) in [5, 5.41) is 10.7. The van der Waals surface area contributed by atoms with E-state index in [9.17, 15) is 9.59 Å². The summed E-state index contributed by atoms with van der Waals surface area (Å²) in [6.07, 6.45) is 0. The topological polar surface area (TPSA) is 76.0 Å². The second kappa shape index (κ2) is 5.85. The number of aryl methyl sites for hydroxylation is 2. The molecule has 2 heterocycles. The highest BCUT2D eigenvalue weighted by Gasteiger charge is 2.17. The molecule has 0 fully saturated rings. The molecule has 0 aliphatic heterocycles. The van der Waals surface area contributed by atoms with Gasteiger partial charge >= 0.3 is 0 Å². The van der Waals surface area contributed by atoms with Gasteiger partial charge < -0.3 is 10.6 Å². The molecule has 0 saturated heterocycles. The van der Waals surface area contributed by atoms with E-state index in [1.54, 1.807) is 36.0 Å². The number of aromatic nitrogens is 2. The molecular formula is C16H16N4O2S. The van der Waals surface area contributed by atoms with Crippen LogP contribution in [0.4, 0.5) is 5.69 Å². The van der Waals surface area contributed by atoms with E-state index in [0.717, 1.165) is 15.9 Å². The average Bonchev–Trinajstić information content (AvgIpc) is 3.09. The maximum Gasteiger partial charge on any atom is 0.265 e. The SMILES string of the molecule is CNC(=O)c1ccccc1NC(=O)c1cc2c(C)nn(C)c2s1. The van der Waals surface area contributed by atoms with Crippen molar-refractivity contribution in [2.24, 2.45) is 7.05 Å². The van der Waals surface area contributed by atoms with Gasteiger partial charge in [0, 0.05) is 19.5 Å². The number of thiophene rings is 1. The summed E-state index contributed by atoms with van der Waals surface area (Å²) < 4.78 is 1.77. The van der Waals surface area contributed by atoms with Gasteiger partial charge in [0.2, 0.25) is 0 Å². The number of para-hydroxylation sites is 1.